The first kappa shape index (κ1) is 32.1. The van der Waals surface area contributed by atoms with E-state index in [-0.39, 0.29) is 40.7 Å². The third-order valence-corrected chi connectivity index (χ3v) is 9.79. The van der Waals surface area contributed by atoms with Crippen LogP contribution in [0, 0.1) is 5.82 Å². The van der Waals surface area contributed by atoms with Crippen LogP contribution < -0.4 is 10.1 Å². The molecule has 0 bridgehead atoms. The van der Waals surface area contributed by atoms with Gasteiger partial charge < -0.3 is 10.1 Å². The van der Waals surface area contributed by atoms with Crippen LogP contribution in [0.2, 0.25) is 15.1 Å². The summed E-state index contributed by atoms with van der Waals surface area (Å²) in [5.41, 5.74) is 0.122. The Labute approximate surface area is 265 Å². The maximum Gasteiger partial charge on any atom is 0.419 e. The maximum atomic E-state index is 14.0. The molecule has 1 N–H and O–H groups in total. The van der Waals surface area contributed by atoms with Gasteiger partial charge in [-0.05, 0) is 77.7 Å². The lowest BCUT2D eigenvalue weighted by atomic mass is 9.98. The van der Waals surface area contributed by atoms with Gasteiger partial charge in [-0.3, -0.25) is 4.79 Å². The summed E-state index contributed by atoms with van der Waals surface area (Å²) in [6.45, 7) is 0.0908. The van der Waals surface area contributed by atoms with Crippen molar-refractivity contribution in [3.8, 4) is 11.5 Å². The summed E-state index contributed by atoms with van der Waals surface area (Å²) in [6.07, 6.45) is -5.04. The highest BCUT2D eigenvalue weighted by Gasteiger charge is 2.34. The van der Waals surface area contributed by atoms with Crippen molar-refractivity contribution in [1.82, 2.24) is 4.31 Å². The van der Waals surface area contributed by atoms with E-state index < -0.39 is 39.9 Å². The van der Waals surface area contributed by atoms with Gasteiger partial charge in [0.15, 0.2) is 0 Å². The Kier molecular flexibility index (Phi) is 9.16. The average molecular weight is 688 g/mol. The first-order valence-corrected chi connectivity index (χ1v) is 15.5. The molecule has 4 aromatic rings. The van der Waals surface area contributed by atoms with Crippen LogP contribution in [0.25, 0.3) is 0 Å². The summed E-state index contributed by atoms with van der Waals surface area (Å²) in [5.74, 6) is -1.29. The quantitative estimate of drug-likeness (QED) is 0.198. The van der Waals surface area contributed by atoms with Gasteiger partial charge >= 0.3 is 6.18 Å². The molecular formula is C30H21Cl3F4N2O4S. The largest absolute Gasteiger partial charge is 0.457 e. The number of nitrogens with zero attached hydrogens (tertiary/aromatic N) is 1. The number of fused-ring (bicyclic) bond motifs is 1. The van der Waals surface area contributed by atoms with Crippen molar-refractivity contribution in [2.75, 3.05) is 11.9 Å². The maximum absolute atomic E-state index is 14.0. The summed E-state index contributed by atoms with van der Waals surface area (Å²) in [5, 5.41) is 3.54. The van der Waals surface area contributed by atoms with E-state index >= 15 is 0 Å². The lowest BCUT2D eigenvalue weighted by molar-refractivity contribution is -0.140. The molecule has 14 heteroatoms. The summed E-state index contributed by atoms with van der Waals surface area (Å²) < 4.78 is 86.5. The highest BCUT2D eigenvalue weighted by Crippen LogP contribution is 2.36. The number of hydrogen-bond acceptors (Lipinski definition) is 4. The van der Waals surface area contributed by atoms with E-state index in [1.54, 1.807) is 18.2 Å². The molecule has 1 aliphatic heterocycles. The van der Waals surface area contributed by atoms with Gasteiger partial charge in [0, 0.05) is 19.2 Å². The van der Waals surface area contributed by atoms with Crippen molar-refractivity contribution in [3.63, 3.8) is 0 Å². The lowest BCUT2D eigenvalue weighted by Gasteiger charge is -2.30. The van der Waals surface area contributed by atoms with Gasteiger partial charge in [-0.25, -0.2) is 12.8 Å². The molecule has 1 heterocycles. The fraction of sp³-hybridized carbons (Fsp3) is 0.167. The second-order valence-corrected chi connectivity index (χ2v) is 13.0. The van der Waals surface area contributed by atoms with Crippen molar-refractivity contribution in [2.24, 2.45) is 0 Å². The zero-order chi connectivity index (χ0) is 31.8. The number of ether oxygens (including phenoxy) is 1. The number of carbonyl (C=O) groups excluding carboxylic acids is 1. The minimum absolute atomic E-state index is 0.00332. The smallest absolute Gasteiger partial charge is 0.419 e. The third-order valence-electron chi connectivity index (χ3n) is 6.87. The number of alkyl halides is 3. The molecule has 0 spiro atoms. The Morgan fingerprint density at radius 2 is 1.57 bits per heavy atom. The standard InChI is InChI=1S/C30H21Cl3F4N2O4S/c31-24-10-5-20(15-26(24)33)43-19-3-6-21(7-4-19)44(41,42)39-12-11-22-18(16-39)2-9-25(32)29(22)38-28(40)14-17-1-8-23(27(34)13-17)30(35,36)37/h1-10,13,15H,11-12,14,16H2,(H,38,40). The van der Waals surface area contributed by atoms with E-state index in [0.29, 0.717) is 44.8 Å². The Bertz CT molecular complexity index is 1850. The van der Waals surface area contributed by atoms with Gasteiger partial charge in [-0.2, -0.15) is 17.5 Å². The SMILES string of the molecule is O=C(Cc1ccc(C(F)(F)F)c(F)c1)Nc1c(Cl)ccc2c1CCN(S(=O)(=O)c1ccc(Oc3ccc(Cl)c(Cl)c3)cc1)C2. The van der Waals surface area contributed by atoms with Crippen LogP contribution in [0.15, 0.2) is 77.7 Å². The first-order valence-electron chi connectivity index (χ1n) is 12.9. The summed E-state index contributed by atoms with van der Waals surface area (Å²) >= 11 is 18.3. The molecule has 0 fully saturated rings. The van der Waals surface area contributed by atoms with Gasteiger partial charge in [-0.1, -0.05) is 46.9 Å². The minimum Gasteiger partial charge on any atom is -0.457 e. The molecule has 230 valence electrons. The van der Waals surface area contributed by atoms with Gasteiger partial charge in [0.2, 0.25) is 15.9 Å². The molecule has 1 amide bonds. The van der Waals surface area contributed by atoms with Gasteiger partial charge in [-0.15, -0.1) is 0 Å². The van der Waals surface area contributed by atoms with Crippen molar-refractivity contribution < 1.29 is 35.5 Å². The van der Waals surface area contributed by atoms with Crippen molar-refractivity contribution >= 4 is 56.4 Å². The minimum atomic E-state index is -4.85. The highest BCUT2D eigenvalue weighted by atomic mass is 35.5. The van der Waals surface area contributed by atoms with Crippen molar-refractivity contribution in [3.05, 3.63) is 116 Å². The molecule has 6 nitrogen and oxygen atoms in total. The molecular weight excluding hydrogens is 667 g/mol. The number of rotatable bonds is 7. The predicted octanol–water partition coefficient (Wildman–Crippen LogP) is 8.53. The van der Waals surface area contributed by atoms with Crippen LogP contribution in [0.3, 0.4) is 0 Å². The summed E-state index contributed by atoms with van der Waals surface area (Å²) in [4.78, 5) is 12.8. The molecule has 0 saturated heterocycles. The third kappa shape index (κ3) is 6.97. The Morgan fingerprint density at radius 3 is 2.23 bits per heavy atom. The van der Waals surface area contributed by atoms with E-state index in [9.17, 15) is 30.8 Å². The fourth-order valence-electron chi connectivity index (χ4n) is 4.71. The second kappa shape index (κ2) is 12.6. The number of amides is 1. The number of anilines is 1. The summed E-state index contributed by atoms with van der Waals surface area (Å²) in [7, 11) is -3.91. The number of benzene rings is 4. The van der Waals surface area contributed by atoms with E-state index in [2.05, 4.69) is 5.32 Å². The number of sulfonamides is 1. The highest BCUT2D eigenvalue weighted by molar-refractivity contribution is 7.89. The Balaban J connectivity index is 1.28. The van der Waals surface area contributed by atoms with E-state index in [1.807, 2.05) is 0 Å². The molecule has 44 heavy (non-hydrogen) atoms. The number of carbonyl (C=O) groups is 1. The van der Waals surface area contributed by atoms with Crippen LogP contribution >= 0.6 is 34.8 Å². The molecule has 5 rings (SSSR count). The topological polar surface area (TPSA) is 75.7 Å². The van der Waals surface area contributed by atoms with Crippen LogP contribution in [0.5, 0.6) is 11.5 Å². The lowest BCUT2D eigenvalue weighted by Crippen LogP contribution is -2.36. The van der Waals surface area contributed by atoms with E-state index in [0.717, 1.165) is 6.07 Å². The van der Waals surface area contributed by atoms with E-state index in [1.165, 1.54) is 40.7 Å². The van der Waals surface area contributed by atoms with Crippen LogP contribution in [-0.2, 0) is 40.4 Å². The van der Waals surface area contributed by atoms with Crippen LogP contribution in [0.4, 0.5) is 23.2 Å². The van der Waals surface area contributed by atoms with Crippen molar-refractivity contribution in [2.45, 2.75) is 30.5 Å². The van der Waals surface area contributed by atoms with Gasteiger partial charge in [0.25, 0.3) is 0 Å². The summed E-state index contributed by atoms with van der Waals surface area (Å²) in [6, 6.07) is 16.1. The van der Waals surface area contributed by atoms with Gasteiger partial charge in [0.1, 0.15) is 17.3 Å². The van der Waals surface area contributed by atoms with E-state index in [4.69, 9.17) is 39.5 Å². The Morgan fingerprint density at radius 1 is 0.886 bits per heavy atom. The average Bonchev–Trinajstić information content (AvgIpc) is 2.96. The Hall–Kier alpha value is -3.35. The zero-order valence-corrected chi connectivity index (χ0v) is 25.5. The second-order valence-electron chi connectivity index (χ2n) is 9.83. The first-order chi connectivity index (χ1) is 20.7. The van der Waals surface area contributed by atoms with Crippen LogP contribution in [0.1, 0.15) is 22.3 Å². The molecule has 1 aliphatic rings. The monoisotopic (exact) mass is 686 g/mol. The molecule has 0 atom stereocenters. The van der Waals surface area contributed by atoms with Crippen LogP contribution in [-0.4, -0.2) is 25.2 Å². The van der Waals surface area contributed by atoms with Gasteiger partial charge in [0.05, 0.1) is 37.6 Å². The number of hydrogen-bond donors (Lipinski definition) is 1. The molecule has 0 aromatic heterocycles. The predicted molar refractivity (Wildman–Crippen MR) is 159 cm³/mol. The molecule has 0 radical (unpaired) electrons. The molecule has 0 unspecified atom stereocenters. The molecule has 0 aliphatic carbocycles. The number of nitrogens with one attached hydrogen (secondary N) is 1. The molecule has 4 aromatic carbocycles. The zero-order valence-electron chi connectivity index (χ0n) is 22.4. The number of halogens is 7. The normalized spacial score (nSPS) is 13.8. The molecule has 0 saturated carbocycles. The fourth-order valence-corrected chi connectivity index (χ4v) is 6.65. The van der Waals surface area contributed by atoms with Crippen molar-refractivity contribution in [1.29, 1.82) is 0 Å².